The standard InChI is InChI=1S/C25H24ClN3O5/c1-33-20-6-4-5-18(15-20)29-23(30)16-34-19-11-9-17(10-12-19)24(31)27-13-14-28-25(32)21-7-2-3-8-22(21)26/h2-12,15H,13-14,16H2,1H3,(H,27,31)(H,28,32)(H,29,30). The number of anilines is 1. The summed E-state index contributed by atoms with van der Waals surface area (Å²) in [6.45, 7) is 0.311. The van der Waals surface area contributed by atoms with Crippen LogP contribution in [0.25, 0.3) is 0 Å². The molecule has 0 aromatic heterocycles. The van der Waals surface area contributed by atoms with Crippen LogP contribution in [-0.4, -0.2) is 44.5 Å². The minimum Gasteiger partial charge on any atom is -0.497 e. The quantitative estimate of drug-likeness (QED) is 0.384. The molecule has 0 spiro atoms. The van der Waals surface area contributed by atoms with Crippen molar-refractivity contribution in [1.29, 1.82) is 0 Å². The third-order valence-electron chi connectivity index (χ3n) is 4.65. The molecule has 0 fully saturated rings. The number of halogens is 1. The van der Waals surface area contributed by atoms with Gasteiger partial charge in [0.1, 0.15) is 11.5 Å². The van der Waals surface area contributed by atoms with Crippen LogP contribution in [0.4, 0.5) is 5.69 Å². The fourth-order valence-corrected chi connectivity index (χ4v) is 3.17. The van der Waals surface area contributed by atoms with Crippen molar-refractivity contribution in [2.75, 3.05) is 32.1 Å². The minimum absolute atomic E-state index is 0.187. The van der Waals surface area contributed by atoms with Gasteiger partial charge in [-0.2, -0.15) is 0 Å². The Kier molecular flexibility index (Phi) is 8.88. The number of hydrogen-bond donors (Lipinski definition) is 3. The van der Waals surface area contributed by atoms with E-state index < -0.39 is 0 Å². The van der Waals surface area contributed by atoms with Crippen molar-refractivity contribution in [3.05, 3.63) is 88.9 Å². The molecule has 8 nitrogen and oxygen atoms in total. The number of amides is 3. The summed E-state index contributed by atoms with van der Waals surface area (Å²) in [6, 6.07) is 20.1. The highest BCUT2D eigenvalue weighted by Crippen LogP contribution is 2.17. The van der Waals surface area contributed by atoms with Crippen LogP contribution in [-0.2, 0) is 4.79 Å². The molecule has 3 aromatic rings. The summed E-state index contributed by atoms with van der Waals surface area (Å²) in [5.74, 6) is 0.153. The SMILES string of the molecule is COc1cccc(NC(=O)COc2ccc(C(=O)NCCNC(=O)c3ccccc3Cl)cc2)c1. The molecule has 3 amide bonds. The van der Waals surface area contributed by atoms with Gasteiger partial charge in [0, 0.05) is 30.4 Å². The smallest absolute Gasteiger partial charge is 0.262 e. The Balaban J connectivity index is 1.39. The van der Waals surface area contributed by atoms with Gasteiger partial charge in [0.05, 0.1) is 17.7 Å². The fourth-order valence-electron chi connectivity index (χ4n) is 2.94. The number of benzene rings is 3. The maximum atomic E-state index is 12.3. The maximum Gasteiger partial charge on any atom is 0.262 e. The van der Waals surface area contributed by atoms with Crippen molar-refractivity contribution in [2.24, 2.45) is 0 Å². The minimum atomic E-state index is -0.325. The Morgan fingerprint density at radius 2 is 1.53 bits per heavy atom. The van der Waals surface area contributed by atoms with Crippen LogP contribution >= 0.6 is 11.6 Å². The van der Waals surface area contributed by atoms with Gasteiger partial charge in [-0.05, 0) is 48.5 Å². The second-order valence-corrected chi connectivity index (χ2v) is 7.49. The lowest BCUT2D eigenvalue weighted by atomic mass is 10.2. The van der Waals surface area contributed by atoms with Crippen molar-refractivity contribution < 1.29 is 23.9 Å². The molecule has 0 heterocycles. The molecule has 0 aliphatic heterocycles. The Hall–Kier alpha value is -4.04. The van der Waals surface area contributed by atoms with Crippen LogP contribution in [0, 0.1) is 0 Å². The number of ether oxygens (including phenoxy) is 2. The van der Waals surface area contributed by atoms with Crippen molar-refractivity contribution in [2.45, 2.75) is 0 Å². The second-order valence-electron chi connectivity index (χ2n) is 7.08. The van der Waals surface area contributed by atoms with E-state index in [4.69, 9.17) is 21.1 Å². The van der Waals surface area contributed by atoms with Crippen LogP contribution in [0.15, 0.2) is 72.8 Å². The van der Waals surface area contributed by atoms with Gasteiger partial charge < -0.3 is 25.4 Å². The zero-order valence-corrected chi connectivity index (χ0v) is 19.2. The highest BCUT2D eigenvalue weighted by atomic mass is 35.5. The molecule has 176 valence electrons. The van der Waals surface area contributed by atoms with E-state index in [2.05, 4.69) is 16.0 Å². The number of nitrogens with one attached hydrogen (secondary N) is 3. The largest absolute Gasteiger partial charge is 0.497 e. The molecular weight excluding hydrogens is 458 g/mol. The van der Waals surface area contributed by atoms with E-state index in [9.17, 15) is 14.4 Å². The van der Waals surface area contributed by atoms with Crippen LogP contribution in [0.3, 0.4) is 0 Å². The van der Waals surface area contributed by atoms with Crippen LogP contribution < -0.4 is 25.4 Å². The summed E-state index contributed by atoms with van der Waals surface area (Å²) >= 11 is 5.99. The first-order chi connectivity index (χ1) is 16.5. The van der Waals surface area contributed by atoms with Crippen molar-refractivity contribution in [1.82, 2.24) is 10.6 Å². The first kappa shape index (κ1) is 24.6. The van der Waals surface area contributed by atoms with E-state index in [1.807, 2.05) is 0 Å². The predicted molar refractivity (Wildman–Crippen MR) is 130 cm³/mol. The normalized spacial score (nSPS) is 10.2. The summed E-state index contributed by atoms with van der Waals surface area (Å²) in [6.07, 6.45) is 0. The maximum absolute atomic E-state index is 12.3. The number of carbonyl (C=O) groups excluding carboxylic acids is 3. The molecule has 9 heteroatoms. The predicted octanol–water partition coefficient (Wildman–Crippen LogP) is 3.53. The van der Waals surface area contributed by atoms with E-state index >= 15 is 0 Å². The zero-order chi connectivity index (χ0) is 24.3. The molecule has 34 heavy (non-hydrogen) atoms. The molecule has 0 saturated carbocycles. The summed E-state index contributed by atoms with van der Waals surface area (Å²) < 4.78 is 10.6. The van der Waals surface area contributed by atoms with Gasteiger partial charge in [-0.15, -0.1) is 0 Å². The number of methoxy groups -OCH3 is 1. The fraction of sp³-hybridized carbons (Fsp3) is 0.160. The average molecular weight is 482 g/mol. The first-order valence-electron chi connectivity index (χ1n) is 10.4. The molecule has 0 atom stereocenters. The Bertz CT molecular complexity index is 1150. The molecular formula is C25H24ClN3O5. The zero-order valence-electron chi connectivity index (χ0n) is 18.5. The number of rotatable bonds is 10. The molecule has 0 bridgehead atoms. The Morgan fingerprint density at radius 3 is 2.24 bits per heavy atom. The highest BCUT2D eigenvalue weighted by molar-refractivity contribution is 6.33. The van der Waals surface area contributed by atoms with Gasteiger partial charge in [-0.1, -0.05) is 29.8 Å². The van der Waals surface area contributed by atoms with Gasteiger partial charge in [0.2, 0.25) is 0 Å². The van der Waals surface area contributed by atoms with Crippen LogP contribution in [0.5, 0.6) is 11.5 Å². The van der Waals surface area contributed by atoms with Crippen molar-refractivity contribution >= 4 is 35.0 Å². The van der Waals surface area contributed by atoms with E-state index in [0.717, 1.165) is 0 Å². The van der Waals surface area contributed by atoms with E-state index in [0.29, 0.717) is 33.3 Å². The lowest BCUT2D eigenvalue weighted by Crippen LogP contribution is -2.34. The van der Waals surface area contributed by atoms with Gasteiger partial charge in [-0.3, -0.25) is 14.4 Å². The molecule has 0 radical (unpaired) electrons. The number of hydrogen-bond acceptors (Lipinski definition) is 5. The van der Waals surface area contributed by atoms with E-state index in [1.165, 1.54) is 0 Å². The molecule has 3 N–H and O–H groups in total. The molecule has 0 aliphatic carbocycles. The average Bonchev–Trinajstić information content (AvgIpc) is 2.85. The molecule has 0 unspecified atom stereocenters. The Labute approximate surface area is 202 Å². The second kappa shape index (κ2) is 12.3. The lowest BCUT2D eigenvalue weighted by molar-refractivity contribution is -0.118. The Morgan fingerprint density at radius 1 is 0.824 bits per heavy atom. The van der Waals surface area contributed by atoms with Gasteiger partial charge in [0.15, 0.2) is 6.61 Å². The van der Waals surface area contributed by atoms with Crippen molar-refractivity contribution in [3.8, 4) is 11.5 Å². The number of carbonyl (C=O) groups is 3. The molecule has 3 aromatic carbocycles. The van der Waals surface area contributed by atoms with Crippen LogP contribution in [0.2, 0.25) is 5.02 Å². The summed E-state index contributed by atoms with van der Waals surface area (Å²) in [7, 11) is 1.55. The molecule has 0 saturated heterocycles. The van der Waals surface area contributed by atoms with Crippen LogP contribution in [0.1, 0.15) is 20.7 Å². The monoisotopic (exact) mass is 481 g/mol. The van der Waals surface area contributed by atoms with E-state index in [-0.39, 0.29) is 37.4 Å². The van der Waals surface area contributed by atoms with Crippen molar-refractivity contribution in [3.63, 3.8) is 0 Å². The third kappa shape index (κ3) is 7.25. The van der Waals surface area contributed by atoms with Gasteiger partial charge in [-0.25, -0.2) is 0 Å². The van der Waals surface area contributed by atoms with Gasteiger partial charge in [0.25, 0.3) is 17.7 Å². The first-order valence-corrected chi connectivity index (χ1v) is 10.8. The van der Waals surface area contributed by atoms with E-state index in [1.54, 1.807) is 79.9 Å². The topological polar surface area (TPSA) is 106 Å². The van der Waals surface area contributed by atoms with Gasteiger partial charge >= 0.3 is 0 Å². The highest BCUT2D eigenvalue weighted by Gasteiger charge is 2.10. The third-order valence-corrected chi connectivity index (χ3v) is 4.98. The molecule has 3 rings (SSSR count). The summed E-state index contributed by atoms with van der Waals surface area (Å²) in [5.41, 5.74) is 1.40. The lowest BCUT2D eigenvalue weighted by Gasteiger charge is -2.10. The summed E-state index contributed by atoms with van der Waals surface area (Å²) in [5, 5.41) is 8.51. The molecule has 0 aliphatic rings. The summed E-state index contributed by atoms with van der Waals surface area (Å²) in [4.78, 5) is 36.5.